The number of aliphatic hydroxyl groups excluding tert-OH is 4. The largest absolute Gasteiger partial charge is 0.483 e. The molecule has 2 saturated heterocycles. The third kappa shape index (κ3) is 15.4. The van der Waals surface area contributed by atoms with Gasteiger partial charge >= 0.3 is 39.5 Å². The number of ether oxygens (including phenoxy) is 8. The van der Waals surface area contributed by atoms with E-state index in [-0.39, 0.29) is 31.1 Å². The van der Waals surface area contributed by atoms with Crippen molar-refractivity contribution in [3.05, 3.63) is 187 Å². The van der Waals surface area contributed by atoms with Crippen LogP contribution in [-0.2, 0) is 95.4 Å². The van der Waals surface area contributed by atoms with Crippen molar-refractivity contribution in [2.75, 3.05) is 104 Å². The summed E-state index contributed by atoms with van der Waals surface area (Å²) in [6, 6.07) is 33.8. The van der Waals surface area contributed by atoms with E-state index >= 15 is 0 Å². The van der Waals surface area contributed by atoms with Gasteiger partial charge in [0.15, 0.2) is 11.4 Å². The zero-order valence-corrected chi connectivity index (χ0v) is 58.4. The van der Waals surface area contributed by atoms with Crippen molar-refractivity contribution in [2.24, 2.45) is 0 Å². The van der Waals surface area contributed by atoms with Gasteiger partial charge in [-0.05, 0) is 71.2 Å². The summed E-state index contributed by atoms with van der Waals surface area (Å²) in [7, 11) is -9.54. The Kier molecular flexibility index (Phi) is 22.5. The monoisotopic (exact) mass is 1520 g/mol. The number of carbonyl (C=O) groups is 6. The molecule has 0 radical (unpaired) electrons. The van der Waals surface area contributed by atoms with E-state index in [0.717, 1.165) is 67.5 Å². The lowest BCUT2D eigenvalue weighted by atomic mass is 9.93. The fraction of sp³-hybridized carbons (Fsp3) is 0.394. The van der Waals surface area contributed by atoms with Gasteiger partial charge in [0.05, 0.1) is 49.6 Å². The van der Waals surface area contributed by atoms with Crippen LogP contribution in [0.2, 0.25) is 0 Å². The van der Waals surface area contributed by atoms with Crippen molar-refractivity contribution < 1.29 is 123 Å². The number of hydrogen-bond acceptors (Lipinski definition) is 32. The zero-order chi connectivity index (χ0) is 72.9. The minimum atomic E-state index is -4.77. The van der Waals surface area contributed by atoms with E-state index in [9.17, 15) is 47.5 Å². The molecule has 552 valence electrons. The first-order chi connectivity index (χ1) is 50.3. The van der Waals surface area contributed by atoms with Crippen molar-refractivity contribution in [3.63, 3.8) is 0 Å². The van der Waals surface area contributed by atoms with E-state index in [0.29, 0.717) is 19.4 Å². The van der Waals surface area contributed by atoms with Crippen LogP contribution in [0.25, 0.3) is 0 Å². The molecule has 0 bridgehead atoms. The Labute approximate surface area is 599 Å². The first-order valence-electron chi connectivity index (χ1n) is 32.3. The molecule has 2 saturated carbocycles. The highest BCUT2D eigenvalue weighted by Crippen LogP contribution is 2.54. The highest BCUT2D eigenvalue weighted by atomic mass is 32.2. The first kappa shape index (κ1) is 73.8. The third-order valence-corrected chi connectivity index (χ3v) is 22.8. The molecular formula is C66H68N6O28P2S2. The number of hydrogen-bond donors (Lipinski definition) is 4. The maximum absolute atomic E-state index is 14.6. The van der Waals surface area contributed by atoms with Crippen LogP contribution in [0.15, 0.2) is 141 Å². The van der Waals surface area contributed by atoms with Crippen LogP contribution in [0, 0.1) is 0 Å². The summed E-state index contributed by atoms with van der Waals surface area (Å²) in [6.45, 7) is -8.97. The zero-order valence-electron chi connectivity index (χ0n) is 55.0. The molecule has 14 rings (SSSR count). The lowest BCUT2D eigenvalue weighted by Gasteiger charge is -2.54. The second-order valence-corrected chi connectivity index (χ2v) is 29.6. The number of aromatic nitrogens is 2. The standard InChI is InChI=1S/2C33H34N3O14PS/c37-13-27(40)44-18-48-51(43,49-19-45-28(41)14-38)50-20-46-31-24(39)9-12-35-30(31)32(42)34-17-33(10-11-33)47-15-26(34)36(35)29-22-6-2-1-5-21(22)16-52-25-8-4-3-7-23(25)29;37-13-27(40)45-18-48-51(43,49-19-46-28(41)14-38)50-20-47-31-24(39)9-12-34-30(31)32(42)35-26(15-44-17-33(35)10-11-33)36(34)29-22-6-2-1-5-21(22)16-52-25-8-4-3-7-23(25)29/h2*1-9,12,26,29,37-38H,10-11,13-20H2/t2*26-,29+/m11/s1. The second-order valence-electron chi connectivity index (χ2n) is 24.2. The van der Waals surface area contributed by atoms with Gasteiger partial charge in [0.2, 0.25) is 63.1 Å². The minimum Gasteiger partial charge on any atom is -0.460 e. The van der Waals surface area contributed by atoms with Gasteiger partial charge in [-0.25, -0.2) is 55.5 Å². The molecule has 6 aliphatic heterocycles. The molecule has 2 aromatic heterocycles. The number of phosphoric ester groups is 2. The number of rotatable bonds is 26. The number of esters is 4. The van der Waals surface area contributed by atoms with E-state index in [2.05, 4.69) is 55.3 Å². The van der Waals surface area contributed by atoms with Crippen molar-refractivity contribution in [3.8, 4) is 11.5 Å². The SMILES string of the molecule is O=C(CO)OCOP(=O)(OCOC(=O)CO)OCOc1c2n(ccc1=O)N([C@H]1c3ccccc3CSc3ccccc31)[C@@H]1COC3(CC3)CN1C2=O.O=C(CO)OCOP(=O)(OCOC(=O)CO)OCOc1c2n(ccc1=O)N([C@H]1c3ccccc3CSc3ccccc31)[C@@H]1COCC3(CC3)N1C2=O. The van der Waals surface area contributed by atoms with Crippen molar-refractivity contribution in [2.45, 2.75) is 82.5 Å². The normalized spacial score (nSPS) is 19.8. The van der Waals surface area contributed by atoms with E-state index in [4.69, 9.17) is 66.5 Å². The number of benzene rings is 4. The highest BCUT2D eigenvalue weighted by Gasteiger charge is 2.61. The second kappa shape index (κ2) is 31.7. The number of amides is 2. The van der Waals surface area contributed by atoms with E-state index in [1.165, 1.54) is 24.5 Å². The Balaban J connectivity index is 0.000000185. The van der Waals surface area contributed by atoms with Gasteiger partial charge in [0, 0.05) is 45.8 Å². The molecule has 8 aliphatic rings. The number of carbonyl (C=O) groups excluding carboxylic acids is 6. The van der Waals surface area contributed by atoms with Crippen LogP contribution in [0.3, 0.4) is 0 Å². The van der Waals surface area contributed by atoms with Gasteiger partial charge in [-0.2, -0.15) is 0 Å². The number of aliphatic hydroxyl groups is 4. The number of fused-ring (bicyclic) bond motifs is 9. The van der Waals surface area contributed by atoms with Crippen molar-refractivity contribution >= 4 is 74.9 Å². The number of pyridine rings is 2. The Morgan fingerprint density at radius 2 is 0.894 bits per heavy atom. The summed E-state index contributed by atoms with van der Waals surface area (Å²) in [5.41, 5.74) is 3.59. The first-order valence-corrected chi connectivity index (χ1v) is 37.2. The average molecular weight is 1520 g/mol. The van der Waals surface area contributed by atoms with Gasteiger partial charge in [-0.15, -0.1) is 23.5 Å². The van der Waals surface area contributed by atoms with E-state index in [1.54, 1.807) is 42.7 Å². The van der Waals surface area contributed by atoms with E-state index in [1.807, 2.05) is 70.7 Å². The number of morpholine rings is 2. The molecule has 4 fully saturated rings. The molecule has 4 aromatic carbocycles. The molecule has 2 spiro atoms. The summed E-state index contributed by atoms with van der Waals surface area (Å²) in [6.07, 6.45) is 4.85. The molecular weight excluding hydrogens is 1450 g/mol. The summed E-state index contributed by atoms with van der Waals surface area (Å²) in [4.78, 5) is 107. The van der Waals surface area contributed by atoms with Crippen LogP contribution in [0.5, 0.6) is 11.5 Å². The fourth-order valence-corrected chi connectivity index (χ4v) is 16.6. The van der Waals surface area contributed by atoms with Crippen molar-refractivity contribution in [1.29, 1.82) is 0 Å². The molecule has 2 amide bonds. The fourth-order valence-electron chi connectivity index (χ4n) is 12.9. The predicted molar refractivity (Wildman–Crippen MR) is 357 cm³/mol. The molecule has 2 aliphatic carbocycles. The van der Waals surface area contributed by atoms with Crippen LogP contribution < -0.4 is 30.3 Å². The van der Waals surface area contributed by atoms with Gasteiger partial charge in [0.25, 0.3) is 11.8 Å². The Hall–Kier alpha value is -8.52. The Morgan fingerprint density at radius 3 is 1.33 bits per heavy atom. The van der Waals surface area contributed by atoms with Crippen LogP contribution >= 0.6 is 39.2 Å². The molecule has 4 atom stereocenters. The molecule has 38 heteroatoms. The topological polar surface area (TPSA) is 404 Å². The molecule has 8 heterocycles. The van der Waals surface area contributed by atoms with Crippen LogP contribution in [0.1, 0.15) is 92.1 Å². The number of phosphoric acid groups is 2. The summed E-state index contributed by atoms with van der Waals surface area (Å²) in [5.74, 6) is -4.82. The summed E-state index contributed by atoms with van der Waals surface area (Å²) >= 11 is 3.42. The van der Waals surface area contributed by atoms with Gasteiger partial charge < -0.3 is 68.1 Å². The van der Waals surface area contributed by atoms with Gasteiger partial charge in [0.1, 0.15) is 38.8 Å². The van der Waals surface area contributed by atoms with Gasteiger partial charge in [-0.3, -0.25) is 38.5 Å². The summed E-state index contributed by atoms with van der Waals surface area (Å²) < 4.78 is 102. The Morgan fingerprint density at radius 1 is 0.490 bits per heavy atom. The lowest BCUT2D eigenvalue weighted by molar-refractivity contribution is -0.159. The molecule has 6 aromatic rings. The van der Waals surface area contributed by atoms with Crippen LogP contribution in [-0.4, -0.2) is 192 Å². The maximum Gasteiger partial charge on any atom is 0.483 e. The lowest BCUT2D eigenvalue weighted by Crippen LogP contribution is -2.70. The number of nitrogens with zero attached hydrogens (tertiary/aromatic N) is 6. The molecule has 104 heavy (non-hydrogen) atoms. The highest BCUT2D eigenvalue weighted by molar-refractivity contribution is 7.98. The number of thioether (sulfide) groups is 2. The smallest absolute Gasteiger partial charge is 0.460 e. The average Bonchev–Trinajstić information content (AvgIpc) is 1.35. The van der Waals surface area contributed by atoms with Gasteiger partial charge in [-0.1, -0.05) is 84.9 Å². The molecule has 0 unspecified atom stereocenters. The minimum absolute atomic E-state index is 0.0993. The third-order valence-electron chi connectivity index (χ3n) is 18.0. The molecule has 4 N–H and O–H groups in total. The Bertz CT molecular complexity index is 4350. The summed E-state index contributed by atoms with van der Waals surface area (Å²) in [5, 5.41) is 39.6. The maximum atomic E-state index is 14.6. The quantitative estimate of drug-likeness (QED) is 0.0258. The molecule has 34 nitrogen and oxygen atoms in total. The van der Waals surface area contributed by atoms with Crippen molar-refractivity contribution in [1.82, 2.24) is 19.2 Å². The van der Waals surface area contributed by atoms with E-state index < -0.39 is 176 Å². The van der Waals surface area contributed by atoms with Crippen LogP contribution in [0.4, 0.5) is 0 Å². The predicted octanol–water partition coefficient (Wildman–Crippen LogP) is 4.01.